The van der Waals surface area contributed by atoms with E-state index in [9.17, 15) is 0 Å². The molecule has 2 aliphatic heterocycles. The minimum atomic E-state index is 0.236. The molecule has 3 heterocycles. The van der Waals surface area contributed by atoms with Crippen LogP contribution < -0.4 is 9.64 Å². The number of ether oxygens (including phenoxy) is 2. The third-order valence-electron chi connectivity index (χ3n) is 6.83. The Bertz CT molecular complexity index is 953. The largest absolute Gasteiger partial charge is 0.463 e. The van der Waals surface area contributed by atoms with Gasteiger partial charge in [0.25, 0.3) is 0 Å². The Hall–Kier alpha value is -1.77. The molecular formula is C26H38BrN5O2. The van der Waals surface area contributed by atoms with Crippen LogP contribution in [-0.2, 0) is 4.74 Å². The van der Waals surface area contributed by atoms with Gasteiger partial charge in [0.15, 0.2) is 0 Å². The molecule has 1 aliphatic carbocycles. The molecular weight excluding hydrogens is 494 g/mol. The van der Waals surface area contributed by atoms with Crippen LogP contribution in [0.3, 0.4) is 0 Å². The summed E-state index contributed by atoms with van der Waals surface area (Å²) in [4.78, 5) is 19.6. The predicted molar refractivity (Wildman–Crippen MR) is 143 cm³/mol. The molecule has 7 nitrogen and oxygen atoms in total. The molecule has 0 amide bonds. The number of allylic oxidation sites excluding steroid dienone is 3. The molecule has 0 saturated carbocycles. The SMILES string of the molecule is C/C=C1\C(=NC(C)CC)C(Br)=Cc2nc(OCC3CCCN(C)C3)nc(N3CCCOCC3)c21. The third kappa shape index (κ3) is 5.89. The molecule has 1 aromatic rings. The minimum Gasteiger partial charge on any atom is -0.463 e. The van der Waals surface area contributed by atoms with Gasteiger partial charge in [-0.15, -0.1) is 0 Å². The average molecular weight is 533 g/mol. The van der Waals surface area contributed by atoms with Crippen molar-refractivity contribution >= 4 is 39.1 Å². The summed E-state index contributed by atoms with van der Waals surface area (Å²) in [6.45, 7) is 12.4. The van der Waals surface area contributed by atoms with E-state index in [-0.39, 0.29) is 6.04 Å². The van der Waals surface area contributed by atoms with Gasteiger partial charge in [-0.3, -0.25) is 4.99 Å². The second-order valence-electron chi connectivity index (χ2n) is 9.55. The second-order valence-corrected chi connectivity index (χ2v) is 10.4. The van der Waals surface area contributed by atoms with Gasteiger partial charge in [0.2, 0.25) is 0 Å². The molecule has 4 rings (SSSR count). The zero-order valence-electron chi connectivity index (χ0n) is 21.0. The maximum absolute atomic E-state index is 6.23. The average Bonchev–Trinajstić information content (AvgIpc) is 3.12. The molecule has 186 valence electrons. The molecule has 2 fully saturated rings. The summed E-state index contributed by atoms with van der Waals surface area (Å²) in [6.07, 6.45) is 8.58. The van der Waals surface area contributed by atoms with Crippen molar-refractivity contribution in [3.63, 3.8) is 0 Å². The molecule has 2 unspecified atom stereocenters. The highest BCUT2D eigenvalue weighted by Gasteiger charge is 2.30. The smallest absolute Gasteiger partial charge is 0.318 e. The van der Waals surface area contributed by atoms with Gasteiger partial charge in [-0.25, -0.2) is 0 Å². The lowest BCUT2D eigenvalue weighted by molar-refractivity contribution is 0.144. The van der Waals surface area contributed by atoms with Gasteiger partial charge in [0.05, 0.1) is 30.2 Å². The van der Waals surface area contributed by atoms with E-state index in [0.29, 0.717) is 25.1 Å². The second kappa shape index (κ2) is 11.8. The molecule has 0 N–H and O–H groups in total. The quantitative estimate of drug-likeness (QED) is 0.524. The molecule has 34 heavy (non-hydrogen) atoms. The highest BCUT2D eigenvalue weighted by molar-refractivity contribution is 9.12. The highest BCUT2D eigenvalue weighted by atomic mass is 79.9. The van der Waals surface area contributed by atoms with Gasteiger partial charge in [-0.1, -0.05) is 13.0 Å². The van der Waals surface area contributed by atoms with Gasteiger partial charge in [0, 0.05) is 48.3 Å². The number of hydrogen-bond donors (Lipinski definition) is 0. The van der Waals surface area contributed by atoms with Crippen molar-refractivity contribution in [2.75, 3.05) is 57.9 Å². The number of anilines is 1. The van der Waals surface area contributed by atoms with E-state index in [1.807, 2.05) is 0 Å². The lowest BCUT2D eigenvalue weighted by atomic mass is 9.93. The molecule has 2 atom stereocenters. The Morgan fingerprint density at radius 1 is 1.26 bits per heavy atom. The zero-order valence-corrected chi connectivity index (χ0v) is 22.6. The number of nitrogens with zero attached hydrogens (tertiary/aromatic N) is 5. The lowest BCUT2D eigenvalue weighted by Crippen LogP contribution is -2.35. The maximum atomic E-state index is 6.23. The van der Waals surface area contributed by atoms with Crippen LogP contribution in [0.25, 0.3) is 11.6 Å². The fourth-order valence-electron chi connectivity index (χ4n) is 4.82. The van der Waals surface area contributed by atoms with Crippen LogP contribution in [0, 0.1) is 5.92 Å². The summed E-state index contributed by atoms with van der Waals surface area (Å²) in [7, 11) is 2.18. The lowest BCUT2D eigenvalue weighted by Gasteiger charge is -2.30. The summed E-state index contributed by atoms with van der Waals surface area (Å²) in [5.41, 5.74) is 3.97. The minimum absolute atomic E-state index is 0.236. The van der Waals surface area contributed by atoms with Crippen molar-refractivity contribution in [2.24, 2.45) is 10.9 Å². The number of hydrogen-bond acceptors (Lipinski definition) is 7. The Balaban J connectivity index is 1.73. The highest BCUT2D eigenvalue weighted by Crippen LogP contribution is 2.39. The van der Waals surface area contributed by atoms with Crippen LogP contribution in [0.2, 0.25) is 0 Å². The van der Waals surface area contributed by atoms with E-state index in [1.165, 1.54) is 19.4 Å². The summed E-state index contributed by atoms with van der Waals surface area (Å²) < 4.78 is 12.9. The number of aliphatic imine (C=N–C) groups is 1. The first-order valence-electron chi connectivity index (χ1n) is 12.7. The Morgan fingerprint density at radius 2 is 2.12 bits per heavy atom. The van der Waals surface area contributed by atoms with Crippen LogP contribution in [0.4, 0.5) is 5.82 Å². The topological polar surface area (TPSA) is 63.1 Å². The fraction of sp³-hybridized carbons (Fsp3) is 0.654. The van der Waals surface area contributed by atoms with Gasteiger partial charge in [-0.05, 0) is 75.1 Å². The number of likely N-dealkylation sites (tertiary alicyclic amines) is 1. The van der Waals surface area contributed by atoms with Crippen LogP contribution in [-0.4, -0.2) is 79.7 Å². The first kappa shape index (κ1) is 25.3. The molecule has 0 bridgehead atoms. The van der Waals surface area contributed by atoms with Crippen molar-refractivity contribution in [3.05, 3.63) is 21.8 Å². The first-order chi connectivity index (χ1) is 16.5. The summed E-state index contributed by atoms with van der Waals surface area (Å²) in [5, 5.41) is 0. The number of aromatic nitrogens is 2. The van der Waals surface area contributed by atoms with Crippen LogP contribution >= 0.6 is 15.9 Å². The van der Waals surface area contributed by atoms with E-state index < -0.39 is 0 Å². The summed E-state index contributed by atoms with van der Waals surface area (Å²) in [6, 6.07) is 0.695. The molecule has 3 aliphatic rings. The molecule has 0 spiro atoms. The van der Waals surface area contributed by atoms with Crippen LogP contribution in [0.1, 0.15) is 57.7 Å². The van der Waals surface area contributed by atoms with Crippen molar-refractivity contribution in [3.8, 4) is 6.01 Å². The maximum Gasteiger partial charge on any atom is 0.318 e. The Morgan fingerprint density at radius 3 is 2.88 bits per heavy atom. The van der Waals surface area contributed by atoms with Gasteiger partial charge >= 0.3 is 6.01 Å². The van der Waals surface area contributed by atoms with E-state index in [4.69, 9.17) is 24.4 Å². The number of fused-ring (bicyclic) bond motifs is 1. The fourth-order valence-corrected chi connectivity index (χ4v) is 5.35. The van der Waals surface area contributed by atoms with Gasteiger partial charge in [0.1, 0.15) is 5.82 Å². The molecule has 2 saturated heterocycles. The standard InChI is InChI=1S/C26H38BrN5O2/c1-5-18(3)28-24-20(6-2)23-22(15-21(24)27)29-26(34-17-19-9-7-10-31(4)16-19)30-25(23)32-11-8-13-33-14-12-32/h6,15,18-19H,5,7-14,16-17H2,1-4H3/b20-6-,28-24?. The van der Waals surface area contributed by atoms with E-state index in [2.05, 4.69) is 65.7 Å². The van der Waals surface area contributed by atoms with Crippen molar-refractivity contribution in [2.45, 2.75) is 52.5 Å². The molecule has 0 aromatic carbocycles. The van der Waals surface area contributed by atoms with Gasteiger partial charge in [-0.2, -0.15) is 9.97 Å². The Kier molecular flexibility index (Phi) is 8.77. The number of piperidine rings is 1. The zero-order chi connectivity index (χ0) is 24.1. The van der Waals surface area contributed by atoms with E-state index >= 15 is 0 Å². The van der Waals surface area contributed by atoms with Crippen molar-refractivity contribution < 1.29 is 9.47 Å². The van der Waals surface area contributed by atoms with Crippen molar-refractivity contribution in [1.29, 1.82) is 0 Å². The van der Waals surface area contributed by atoms with E-state index in [0.717, 1.165) is 71.9 Å². The summed E-state index contributed by atoms with van der Waals surface area (Å²) in [5.74, 6) is 1.43. The van der Waals surface area contributed by atoms with Gasteiger partial charge < -0.3 is 19.3 Å². The first-order valence-corrected chi connectivity index (χ1v) is 13.5. The molecule has 1 aromatic heterocycles. The predicted octanol–water partition coefficient (Wildman–Crippen LogP) is 4.82. The van der Waals surface area contributed by atoms with E-state index in [1.54, 1.807) is 0 Å². The number of rotatable bonds is 6. The molecule has 8 heteroatoms. The van der Waals surface area contributed by atoms with Crippen molar-refractivity contribution in [1.82, 2.24) is 14.9 Å². The molecule has 0 radical (unpaired) electrons. The monoisotopic (exact) mass is 531 g/mol. The Labute approximate surface area is 212 Å². The number of halogens is 1. The van der Waals surface area contributed by atoms with Crippen LogP contribution in [0.15, 0.2) is 15.6 Å². The van der Waals surface area contributed by atoms with Crippen LogP contribution in [0.5, 0.6) is 6.01 Å². The normalized spacial score (nSPS) is 25.1. The summed E-state index contributed by atoms with van der Waals surface area (Å²) >= 11 is 3.78. The third-order valence-corrected chi connectivity index (χ3v) is 7.44.